The molecule has 7 heteroatoms. The van der Waals surface area contributed by atoms with E-state index in [0.717, 1.165) is 25.0 Å². The molecule has 1 aliphatic carbocycles. The Morgan fingerprint density at radius 1 is 1.11 bits per heavy atom. The van der Waals surface area contributed by atoms with Gasteiger partial charge in [-0.15, -0.1) is 0 Å². The third-order valence-electron chi connectivity index (χ3n) is 3.18. The summed E-state index contributed by atoms with van der Waals surface area (Å²) >= 11 is 0. The van der Waals surface area contributed by atoms with E-state index in [1.54, 1.807) is 0 Å². The molecule has 0 bridgehead atoms. The number of aliphatic hydroxyl groups excluding tert-OH is 1. The summed E-state index contributed by atoms with van der Waals surface area (Å²) in [5.41, 5.74) is 0. The third kappa shape index (κ3) is 3.49. The van der Waals surface area contributed by atoms with Gasteiger partial charge in [-0.2, -0.15) is 0 Å². The summed E-state index contributed by atoms with van der Waals surface area (Å²) in [6.07, 6.45) is 1.92. The minimum Gasteiger partial charge on any atom is -0.391 e. The van der Waals surface area contributed by atoms with E-state index in [1.165, 1.54) is 0 Å². The standard InChI is InChI=1S/C12H15F2NO3S/c13-8-5-9(14)7-10(6-8)19(17,18)15-11-3-1-2-4-12(11)16/h5-7,11-12,15-16H,1-4H2/t11-,12-/m1/s1. The number of benzene rings is 1. The molecule has 1 aromatic carbocycles. The van der Waals surface area contributed by atoms with Crippen molar-refractivity contribution in [3.63, 3.8) is 0 Å². The van der Waals surface area contributed by atoms with Crippen molar-refractivity contribution >= 4 is 10.0 Å². The average Bonchev–Trinajstić information content (AvgIpc) is 2.31. The molecule has 4 nitrogen and oxygen atoms in total. The molecule has 0 radical (unpaired) electrons. The largest absolute Gasteiger partial charge is 0.391 e. The molecule has 0 amide bonds. The molecular weight excluding hydrogens is 276 g/mol. The van der Waals surface area contributed by atoms with E-state index >= 15 is 0 Å². The van der Waals surface area contributed by atoms with Crippen LogP contribution in [0.1, 0.15) is 25.7 Å². The fraction of sp³-hybridized carbons (Fsp3) is 0.500. The van der Waals surface area contributed by atoms with Gasteiger partial charge in [0.15, 0.2) is 0 Å². The Hall–Kier alpha value is -1.05. The summed E-state index contributed by atoms with van der Waals surface area (Å²) < 4.78 is 52.4. The first kappa shape index (κ1) is 14.4. The highest BCUT2D eigenvalue weighted by molar-refractivity contribution is 7.89. The van der Waals surface area contributed by atoms with Crippen molar-refractivity contribution in [1.82, 2.24) is 4.72 Å². The Morgan fingerprint density at radius 2 is 1.68 bits per heavy atom. The first-order valence-electron chi connectivity index (χ1n) is 6.05. The molecule has 2 N–H and O–H groups in total. The summed E-state index contributed by atoms with van der Waals surface area (Å²) in [5, 5.41) is 9.71. The van der Waals surface area contributed by atoms with Gasteiger partial charge in [-0.05, 0) is 25.0 Å². The Balaban J connectivity index is 2.22. The van der Waals surface area contributed by atoms with E-state index < -0.39 is 38.7 Å². The van der Waals surface area contributed by atoms with Crippen LogP contribution in [0.25, 0.3) is 0 Å². The Kier molecular flexibility index (Phi) is 4.17. The Morgan fingerprint density at radius 3 is 2.26 bits per heavy atom. The highest BCUT2D eigenvalue weighted by Crippen LogP contribution is 2.21. The predicted molar refractivity (Wildman–Crippen MR) is 64.9 cm³/mol. The van der Waals surface area contributed by atoms with Gasteiger partial charge in [0.05, 0.1) is 11.0 Å². The van der Waals surface area contributed by atoms with Gasteiger partial charge in [-0.1, -0.05) is 12.8 Å². The molecule has 106 valence electrons. The molecule has 2 rings (SSSR count). The maximum Gasteiger partial charge on any atom is 0.241 e. The van der Waals surface area contributed by atoms with Gasteiger partial charge in [0.2, 0.25) is 10.0 Å². The van der Waals surface area contributed by atoms with Crippen LogP contribution in [0, 0.1) is 11.6 Å². The van der Waals surface area contributed by atoms with E-state index in [9.17, 15) is 22.3 Å². The summed E-state index contributed by atoms with van der Waals surface area (Å²) in [4.78, 5) is -0.470. The highest BCUT2D eigenvalue weighted by Gasteiger charge is 2.28. The van der Waals surface area contributed by atoms with Gasteiger partial charge in [0.25, 0.3) is 0 Å². The lowest BCUT2D eigenvalue weighted by Crippen LogP contribution is -2.44. The maximum absolute atomic E-state index is 13.0. The number of sulfonamides is 1. The Bertz CT molecular complexity index is 542. The first-order chi connectivity index (χ1) is 8.88. The zero-order valence-electron chi connectivity index (χ0n) is 10.1. The molecule has 0 spiro atoms. The number of hydrogen-bond donors (Lipinski definition) is 2. The van der Waals surface area contributed by atoms with Gasteiger partial charge in [0, 0.05) is 12.1 Å². The molecule has 0 aromatic heterocycles. The second-order valence-corrected chi connectivity index (χ2v) is 6.40. The van der Waals surface area contributed by atoms with Crippen molar-refractivity contribution in [3.8, 4) is 0 Å². The van der Waals surface area contributed by atoms with Crippen LogP contribution in [0.15, 0.2) is 23.1 Å². The lowest BCUT2D eigenvalue weighted by molar-refractivity contribution is 0.101. The van der Waals surface area contributed by atoms with Crippen molar-refractivity contribution in [3.05, 3.63) is 29.8 Å². The zero-order valence-corrected chi connectivity index (χ0v) is 11.0. The lowest BCUT2D eigenvalue weighted by Gasteiger charge is -2.28. The fourth-order valence-corrected chi connectivity index (χ4v) is 3.54. The molecule has 0 aliphatic heterocycles. The number of rotatable bonds is 3. The van der Waals surface area contributed by atoms with E-state index in [-0.39, 0.29) is 0 Å². The van der Waals surface area contributed by atoms with Crippen LogP contribution < -0.4 is 4.72 Å². The van der Waals surface area contributed by atoms with E-state index in [4.69, 9.17) is 0 Å². The van der Waals surface area contributed by atoms with E-state index in [1.807, 2.05) is 0 Å². The molecule has 1 fully saturated rings. The number of halogens is 2. The molecule has 1 saturated carbocycles. The number of nitrogens with one attached hydrogen (secondary N) is 1. The van der Waals surface area contributed by atoms with Crippen LogP contribution in [-0.2, 0) is 10.0 Å². The lowest BCUT2D eigenvalue weighted by atomic mass is 9.93. The van der Waals surface area contributed by atoms with Crippen molar-refractivity contribution in [2.75, 3.05) is 0 Å². The van der Waals surface area contributed by atoms with Gasteiger partial charge in [-0.3, -0.25) is 0 Å². The zero-order chi connectivity index (χ0) is 14.0. The topological polar surface area (TPSA) is 66.4 Å². The van der Waals surface area contributed by atoms with Crippen LogP contribution in [-0.4, -0.2) is 25.7 Å². The fourth-order valence-electron chi connectivity index (χ4n) is 2.20. The quantitative estimate of drug-likeness (QED) is 0.888. The molecule has 0 heterocycles. The predicted octanol–water partition coefficient (Wildman–Crippen LogP) is 1.55. The second kappa shape index (κ2) is 5.52. The van der Waals surface area contributed by atoms with Crippen LogP contribution in [0.5, 0.6) is 0 Å². The van der Waals surface area contributed by atoms with Gasteiger partial charge in [-0.25, -0.2) is 21.9 Å². The van der Waals surface area contributed by atoms with Crippen LogP contribution in [0.3, 0.4) is 0 Å². The summed E-state index contributed by atoms with van der Waals surface area (Å²) in [6, 6.07) is 1.50. The highest BCUT2D eigenvalue weighted by atomic mass is 32.2. The van der Waals surface area contributed by atoms with Crippen molar-refractivity contribution in [1.29, 1.82) is 0 Å². The van der Waals surface area contributed by atoms with Gasteiger partial charge >= 0.3 is 0 Å². The summed E-state index contributed by atoms with van der Waals surface area (Å²) in [7, 11) is -4.03. The van der Waals surface area contributed by atoms with Crippen molar-refractivity contribution in [2.45, 2.75) is 42.7 Å². The molecule has 0 saturated heterocycles. The minimum absolute atomic E-state index is 0.470. The molecule has 2 atom stereocenters. The van der Waals surface area contributed by atoms with Crippen LogP contribution in [0.2, 0.25) is 0 Å². The van der Waals surface area contributed by atoms with E-state index in [2.05, 4.69) is 4.72 Å². The second-order valence-electron chi connectivity index (χ2n) is 4.68. The number of hydrogen-bond acceptors (Lipinski definition) is 3. The first-order valence-corrected chi connectivity index (χ1v) is 7.53. The van der Waals surface area contributed by atoms with Gasteiger partial charge in [0.1, 0.15) is 11.6 Å². The van der Waals surface area contributed by atoms with E-state index in [0.29, 0.717) is 18.9 Å². The smallest absolute Gasteiger partial charge is 0.241 e. The van der Waals surface area contributed by atoms with Crippen LogP contribution >= 0.6 is 0 Å². The summed E-state index contributed by atoms with van der Waals surface area (Å²) in [5.74, 6) is -1.91. The molecular formula is C12H15F2NO3S. The molecule has 1 aromatic rings. The molecule has 19 heavy (non-hydrogen) atoms. The van der Waals surface area contributed by atoms with Crippen molar-refractivity contribution < 1.29 is 22.3 Å². The molecule has 1 aliphatic rings. The average molecular weight is 291 g/mol. The third-order valence-corrected chi connectivity index (χ3v) is 4.65. The maximum atomic E-state index is 13.0. The monoisotopic (exact) mass is 291 g/mol. The SMILES string of the molecule is O=S(=O)(N[C@@H]1CCCC[C@H]1O)c1cc(F)cc(F)c1. The number of aliphatic hydroxyl groups is 1. The molecule has 0 unspecified atom stereocenters. The van der Waals surface area contributed by atoms with Crippen LogP contribution in [0.4, 0.5) is 8.78 Å². The normalized spacial score (nSPS) is 24.4. The minimum atomic E-state index is -4.03. The summed E-state index contributed by atoms with van der Waals surface area (Å²) in [6.45, 7) is 0. The van der Waals surface area contributed by atoms with Crippen molar-refractivity contribution in [2.24, 2.45) is 0 Å². The Labute approximate surface area is 110 Å². The van der Waals surface area contributed by atoms with Gasteiger partial charge < -0.3 is 5.11 Å².